The second-order valence-electron chi connectivity index (χ2n) is 7.93. The van der Waals surface area contributed by atoms with E-state index in [1.807, 2.05) is 0 Å². The van der Waals surface area contributed by atoms with E-state index in [2.05, 4.69) is 25.2 Å². The van der Waals surface area contributed by atoms with E-state index in [-0.39, 0.29) is 0 Å². The van der Waals surface area contributed by atoms with Crippen LogP contribution in [-0.2, 0) is 18.1 Å². The standard InChI is InChI=1S/C23H17F6N5O2/c1-14-2-8-18(19(24)10-14)21(35,12-34-13-31-32-33-34)22(25,26)20-9-5-16(11-30-20)15-3-6-17(7-4-15)36-23(27,28)29/h2-11,13,35H,12H2,1H3/t21-/m1/s1. The molecule has 2 heterocycles. The lowest BCUT2D eigenvalue weighted by Gasteiger charge is -2.35. The predicted molar refractivity (Wildman–Crippen MR) is 113 cm³/mol. The minimum atomic E-state index is -4.85. The van der Waals surface area contributed by atoms with Gasteiger partial charge in [0.05, 0.1) is 6.54 Å². The van der Waals surface area contributed by atoms with Crippen LogP contribution in [0.4, 0.5) is 26.3 Å². The number of benzene rings is 2. The molecule has 36 heavy (non-hydrogen) atoms. The van der Waals surface area contributed by atoms with Crippen molar-refractivity contribution in [1.29, 1.82) is 0 Å². The fourth-order valence-corrected chi connectivity index (χ4v) is 3.61. The van der Waals surface area contributed by atoms with Gasteiger partial charge in [0.1, 0.15) is 23.6 Å². The van der Waals surface area contributed by atoms with Crippen LogP contribution in [0.2, 0.25) is 0 Å². The molecule has 0 bridgehead atoms. The van der Waals surface area contributed by atoms with Crippen LogP contribution in [0.25, 0.3) is 11.1 Å². The Bertz CT molecular complexity index is 1330. The Kier molecular flexibility index (Phi) is 6.43. The van der Waals surface area contributed by atoms with Crippen molar-refractivity contribution in [3.8, 4) is 16.9 Å². The molecule has 4 rings (SSSR count). The van der Waals surface area contributed by atoms with Crippen LogP contribution in [0.15, 0.2) is 67.1 Å². The number of pyridine rings is 1. The molecule has 0 saturated heterocycles. The summed E-state index contributed by atoms with van der Waals surface area (Å²) < 4.78 is 88.1. The summed E-state index contributed by atoms with van der Waals surface area (Å²) in [6.07, 6.45) is -2.80. The Morgan fingerprint density at radius 2 is 1.64 bits per heavy atom. The molecule has 0 amide bonds. The van der Waals surface area contributed by atoms with Gasteiger partial charge in [0.15, 0.2) is 5.60 Å². The van der Waals surface area contributed by atoms with Gasteiger partial charge in [-0.05, 0) is 52.7 Å². The van der Waals surface area contributed by atoms with Gasteiger partial charge < -0.3 is 9.84 Å². The molecule has 0 fully saturated rings. The summed E-state index contributed by atoms with van der Waals surface area (Å²) in [7, 11) is 0. The number of hydrogen-bond acceptors (Lipinski definition) is 6. The summed E-state index contributed by atoms with van der Waals surface area (Å²) in [4.78, 5) is 3.77. The molecule has 2 aromatic heterocycles. The minimum absolute atomic E-state index is 0.304. The number of aromatic nitrogens is 5. The molecule has 0 aliphatic heterocycles. The molecule has 2 aromatic carbocycles. The van der Waals surface area contributed by atoms with Crippen LogP contribution in [0, 0.1) is 12.7 Å². The quantitative estimate of drug-likeness (QED) is 0.362. The minimum Gasteiger partial charge on any atom is -0.406 e. The first-order valence-corrected chi connectivity index (χ1v) is 10.3. The Morgan fingerprint density at radius 1 is 0.944 bits per heavy atom. The smallest absolute Gasteiger partial charge is 0.406 e. The normalized spacial score (nSPS) is 13.9. The third-order valence-electron chi connectivity index (χ3n) is 5.38. The first-order valence-electron chi connectivity index (χ1n) is 10.3. The van der Waals surface area contributed by atoms with Crippen molar-refractivity contribution in [1.82, 2.24) is 25.2 Å². The molecule has 13 heteroatoms. The third kappa shape index (κ3) is 5.00. The van der Waals surface area contributed by atoms with Gasteiger partial charge >= 0.3 is 12.3 Å². The van der Waals surface area contributed by atoms with Crippen molar-refractivity contribution in [2.75, 3.05) is 0 Å². The van der Waals surface area contributed by atoms with Crippen LogP contribution >= 0.6 is 0 Å². The van der Waals surface area contributed by atoms with Crippen LogP contribution in [0.5, 0.6) is 5.75 Å². The van der Waals surface area contributed by atoms with E-state index in [0.29, 0.717) is 16.7 Å². The number of rotatable bonds is 7. The highest BCUT2D eigenvalue weighted by molar-refractivity contribution is 5.63. The van der Waals surface area contributed by atoms with E-state index in [4.69, 9.17) is 0 Å². The molecule has 7 nitrogen and oxygen atoms in total. The summed E-state index contributed by atoms with van der Waals surface area (Å²) in [5.74, 6) is -5.63. The molecule has 4 aromatic rings. The Hall–Kier alpha value is -4.00. The number of nitrogens with zero attached hydrogens (tertiary/aromatic N) is 5. The average Bonchev–Trinajstić information content (AvgIpc) is 3.31. The molecule has 0 radical (unpaired) electrons. The summed E-state index contributed by atoms with van der Waals surface area (Å²) in [6, 6.07) is 10.4. The van der Waals surface area contributed by atoms with Crippen molar-refractivity contribution in [2.45, 2.75) is 31.4 Å². The highest BCUT2D eigenvalue weighted by Crippen LogP contribution is 2.47. The molecular formula is C23H17F6N5O2. The first-order chi connectivity index (χ1) is 16.9. The molecule has 0 saturated carbocycles. The van der Waals surface area contributed by atoms with Crippen molar-refractivity contribution < 1.29 is 36.2 Å². The van der Waals surface area contributed by atoms with E-state index in [9.17, 15) is 22.7 Å². The molecular weight excluding hydrogens is 492 g/mol. The van der Waals surface area contributed by atoms with Crippen LogP contribution in [0.3, 0.4) is 0 Å². The number of alkyl halides is 5. The first kappa shape index (κ1) is 25.1. The Morgan fingerprint density at radius 3 is 2.19 bits per heavy atom. The van der Waals surface area contributed by atoms with Gasteiger partial charge in [-0.2, -0.15) is 8.78 Å². The van der Waals surface area contributed by atoms with E-state index in [1.54, 1.807) is 6.92 Å². The van der Waals surface area contributed by atoms with E-state index in [0.717, 1.165) is 47.5 Å². The average molecular weight is 509 g/mol. The predicted octanol–water partition coefficient (Wildman–Crippen LogP) is 4.76. The maximum atomic E-state index is 15.8. The van der Waals surface area contributed by atoms with Gasteiger partial charge in [0.25, 0.3) is 0 Å². The maximum absolute atomic E-state index is 15.8. The zero-order valence-electron chi connectivity index (χ0n) is 18.4. The fourth-order valence-electron chi connectivity index (χ4n) is 3.61. The second-order valence-corrected chi connectivity index (χ2v) is 7.93. The molecule has 0 aliphatic rings. The summed E-state index contributed by atoms with van der Waals surface area (Å²) in [5.41, 5.74) is -3.55. The summed E-state index contributed by atoms with van der Waals surface area (Å²) >= 11 is 0. The molecule has 188 valence electrons. The second kappa shape index (κ2) is 9.22. The molecule has 0 unspecified atom stereocenters. The third-order valence-corrected chi connectivity index (χ3v) is 5.38. The topological polar surface area (TPSA) is 86.0 Å². The highest BCUT2D eigenvalue weighted by atomic mass is 19.4. The van der Waals surface area contributed by atoms with Crippen molar-refractivity contribution >= 4 is 0 Å². The lowest BCUT2D eigenvalue weighted by atomic mass is 9.84. The van der Waals surface area contributed by atoms with Gasteiger partial charge in [0, 0.05) is 17.3 Å². The van der Waals surface area contributed by atoms with Gasteiger partial charge in [0.2, 0.25) is 0 Å². The van der Waals surface area contributed by atoms with Crippen LogP contribution in [0.1, 0.15) is 16.8 Å². The van der Waals surface area contributed by atoms with Crippen LogP contribution in [-0.4, -0.2) is 36.7 Å². The number of aryl methyl sites for hydroxylation is 1. The zero-order valence-corrected chi connectivity index (χ0v) is 18.4. The monoisotopic (exact) mass is 509 g/mol. The summed E-state index contributed by atoms with van der Waals surface area (Å²) in [5, 5.41) is 21.5. The molecule has 0 aliphatic carbocycles. The SMILES string of the molecule is Cc1ccc([C@](O)(Cn2cnnn2)C(F)(F)c2ccc(-c3ccc(OC(F)(F)F)cc3)cn2)c(F)c1. The highest BCUT2D eigenvalue weighted by Gasteiger charge is 2.57. The van der Waals surface area contributed by atoms with E-state index in [1.165, 1.54) is 24.3 Å². The number of halogens is 6. The molecule has 1 atom stereocenters. The van der Waals surface area contributed by atoms with Gasteiger partial charge in [-0.25, -0.2) is 9.07 Å². The Labute approximate surface area is 200 Å². The largest absolute Gasteiger partial charge is 0.573 e. The molecule has 1 N–H and O–H groups in total. The lowest BCUT2D eigenvalue weighted by Crippen LogP contribution is -2.48. The zero-order chi connectivity index (χ0) is 26.1. The number of ether oxygens (including phenoxy) is 1. The lowest BCUT2D eigenvalue weighted by molar-refractivity contribution is -0.274. The Balaban J connectivity index is 1.69. The van der Waals surface area contributed by atoms with Gasteiger partial charge in [-0.3, -0.25) is 4.98 Å². The van der Waals surface area contributed by atoms with Gasteiger partial charge in [-0.1, -0.05) is 30.3 Å². The number of hydrogen-bond donors (Lipinski definition) is 1. The van der Waals surface area contributed by atoms with Crippen molar-refractivity contribution in [3.05, 3.63) is 89.8 Å². The molecule has 0 spiro atoms. The van der Waals surface area contributed by atoms with Crippen molar-refractivity contribution in [2.24, 2.45) is 0 Å². The number of tetrazole rings is 1. The maximum Gasteiger partial charge on any atom is 0.573 e. The van der Waals surface area contributed by atoms with E-state index < -0.39 is 47.3 Å². The van der Waals surface area contributed by atoms with Crippen molar-refractivity contribution in [3.63, 3.8) is 0 Å². The van der Waals surface area contributed by atoms with Gasteiger partial charge in [-0.15, -0.1) is 18.3 Å². The van der Waals surface area contributed by atoms with Crippen LogP contribution < -0.4 is 4.74 Å². The van der Waals surface area contributed by atoms with E-state index >= 15 is 8.78 Å². The fraction of sp³-hybridized carbons (Fsp3) is 0.217. The number of aliphatic hydroxyl groups is 1. The summed E-state index contributed by atoms with van der Waals surface area (Å²) in [6.45, 7) is 0.671.